The van der Waals surface area contributed by atoms with E-state index in [1.807, 2.05) is 13.8 Å². The molecule has 3 nitrogen and oxygen atoms in total. The average Bonchev–Trinajstić information content (AvgIpc) is 2.28. The zero-order chi connectivity index (χ0) is 13.1. The van der Waals surface area contributed by atoms with Crippen LogP contribution in [0.3, 0.4) is 0 Å². The van der Waals surface area contributed by atoms with Crippen molar-refractivity contribution in [3.63, 3.8) is 0 Å². The Morgan fingerprint density at radius 1 is 1.53 bits per heavy atom. The molecule has 1 atom stereocenters. The van der Waals surface area contributed by atoms with Crippen LogP contribution < -0.4 is 5.32 Å². The number of carbonyl (C=O) groups is 1. The highest BCUT2D eigenvalue weighted by molar-refractivity contribution is 6.30. The standard InChI is InChI=1S/C13H15ClN2O/c1-9(2)13(3,8-15)16-12(17)10-5-4-6-11(14)7-10/h4-7,9H,1-3H3,(H,16,17). The summed E-state index contributed by atoms with van der Waals surface area (Å²) in [5.41, 5.74) is -0.418. The number of carbonyl (C=O) groups excluding carboxylic acids is 1. The van der Waals surface area contributed by atoms with Crippen molar-refractivity contribution in [1.29, 1.82) is 5.26 Å². The first kappa shape index (κ1) is 13.5. The molecule has 0 aliphatic carbocycles. The molecule has 1 amide bonds. The lowest BCUT2D eigenvalue weighted by atomic mass is 9.90. The molecule has 0 spiro atoms. The van der Waals surface area contributed by atoms with Crippen LogP contribution in [0.15, 0.2) is 24.3 Å². The highest BCUT2D eigenvalue weighted by atomic mass is 35.5. The summed E-state index contributed by atoms with van der Waals surface area (Å²) >= 11 is 5.81. The number of amides is 1. The highest BCUT2D eigenvalue weighted by Crippen LogP contribution is 2.17. The maximum absolute atomic E-state index is 12.0. The van der Waals surface area contributed by atoms with E-state index in [0.29, 0.717) is 10.6 Å². The smallest absolute Gasteiger partial charge is 0.252 e. The van der Waals surface area contributed by atoms with Gasteiger partial charge in [-0.3, -0.25) is 4.79 Å². The molecule has 0 fully saturated rings. The van der Waals surface area contributed by atoms with Crippen LogP contribution in [0.25, 0.3) is 0 Å². The van der Waals surface area contributed by atoms with Gasteiger partial charge in [-0.05, 0) is 31.0 Å². The maximum Gasteiger partial charge on any atom is 0.252 e. The highest BCUT2D eigenvalue weighted by Gasteiger charge is 2.30. The summed E-state index contributed by atoms with van der Waals surface area (Å²) in [6.07, 6.45) is 0. The summed E-state index contributed by atoms with van der Waals surface area (Å²) < 4.78 is 0. The molecule has 0 aliphatic rings. The molecular formula is C13H15ClN2O. The van der Waals surface area contributed by atoms with Crippen LogP contribution >= 0.6 is 11.6 Å². The van der Waals surface area contributed by atoms with E-state index in [4.69, 9.17) is 16.9 Å². The number of rotatable bonds is 3. The molecule has 1 N–H and O–H groups in total. The second-order valence-electron chi connectivity index (χ2n) is 4.43. The molecule has 0 aromatic heterocycles. The fourth-order valence-corrected chi connectivity index (χ4v) is 1.43. The quantitative estimate of drug-likeness (QED) is 0.897. The molecule has 0 saturated heterocycles. The number of nitrogens with one attached hydrogen (secondary N) is 1. The van der Waals surface area contributed by atoms with Crippen LogP contribution in [0.1, 0.15) is 31.1 Å². The van der Waals surface area contributed by atoms with Gasteiger partial charge in [0.15, 0.2) is 0 Å². The first-order chi connectivity index (χ1) is 7.89. The van der Waals surface area contributed by atoms with Crippen molar-refractivity contribution in [2.24, 2.45) is 5.92 Å². The molecule has 1 aromatic carbocycles. The van der Waals surface area contributed by atoms with Gasteiger partial charge in [0.2, 0.25) is 0 Å². The summed E-state index contributed by atoms with van der Waals surface area (Å²) in [5, 5.41) is 12.3. The first-order valence-electron chi connectivity index (χ1n) is 5.38. The largest absolute Gasteiger partial charge is 0.334 e. The van der Waals surface area contributed by atoms with E-state index in [1.54, 1.807) is 31.2 Å². The van der Waals surface area contributed by atoms with Crippen LogP contribution in [0.2, 0.25) is 5.02 Å². The number of hydrogen-bond acceptors (Lipinski definition) is 2. The Balaban J connectivity index is 2.90. The van der Waals surface area contributed by atoms with Crippen molar-refractivity contribution in [1.82, 2.24) is 5.32 Å². The average molecular weight is 251 g/mol. The van der Waals surface area contributed by atoms with Crippen molar-refractivity contribution in [2.75, 3.05) is 0 Å². The summed E-state index contributed by atoms with van der Waals surface area (Å²) in [7, 11) is 0. The van der Waals surface area contributed by atoms with Crippen molar-refractivity contribution in [2.45, 2.75) is 26.3 Å². The number of hydrogen-bond donors (Lipinski definition) is 1. The van der Waals surface area contributed by atoms with E-state index >= 15 is 0 Å². The molecule has 0 radical (unpaired) electrons. The monoisotopic (exact) mass is 250 g/mol. The fourth-order valence-electron chi connectivity index (χ4n) is 1.24. The topological polar surface area (TPSA) is 52.9 Å². The normalized spacial score (nSPS) is 13.9. The molecule has 0 heterocycles. The summed E-state index contributed by atoms with van der Waals surface area (Å²) in [6, 6.07) is 8.78. The van der Waals surface area contributed by atoms with Gasteiger partial charge in [0.25, 0.3) is 5.91 Å². The third-order valence-electron chi connectivity index (χ3n) is 2.85. The van der Waals surface area contributed by atoms with Gasteiger partial charge in [0.1, 0.15) is 5.54 Å². The van der Waals surface area contributed by atoms with Crippen LogP contribution in [0.5, 0.6) is 0 Å². The molecule has 1 aromatic rings. The Morgan fingerprint density at radius 2 is 2.18 bits per heavy atom. The molecule has 1 rings (SSSR count). The minimum Gasteiger partial charge on any atom is -0.334 e. The van der Waals surface area contributed by atoms with E-state index in [9.17, 15) is 4.79 Å². The third kappa shape index (κ3) is 3.21. The lowest BCUT2D eigenvalue weighted by Gasteiger charge is -2.27. The van der Waals surface area contributed by atoms with E-state index < -0.39 is 5.54 Å². The van der Waals surface area contributed by atoms with Gasteiger partial charge in [-0.25, -0.2) is 0 Å². The lowest BCUT2D eigenvalue weighted by molar-refractivity contribution is 0.0908. The lowest BCUT2D eigenvalue weighted by Crippen LogP contribution is -2.48. The van der Waals surface area contributed by atoms with Crippen LogP contribution in [-0.4, -0.2) is 11.4 Å². The minimum atomic E-state index is -0.876. The summed E-state index contributed by atoms with van der Waals surface area (Å²) in [4.78, 5) is 12.0. The van der Waals surface area contributed by atoms with E-state index in [-0.39, 0.29) is 11.8 Å². The zero-order valence-electron chi connectivity index (χ0n) is 10.1. The van der Waals surface area contributed by atoms with Crippen molar-refractivity contribution in [3.05, 3.63) is 34.9 Å². The first-order valence-corrected chi connectivity index (χ1v) is 5.76. The SMILES string of the molecule is CC(C)C(C)(C#N)NC(=O)c1cccc(Cl)c1. The number of nitrogens with zero attached hydrogens (tertiary/aromatic N) is 1. The van der Waals surface area contributed by atoms with Crippen molar-refractivity contribution in [3.8, 4) is 6.07 Å². The maximum atomic E-state index is 12.0. The second-order valence-corrected chi connectivity index (χ2v) is 4.87. The molecule has 0 aliphatic heterocycles. The Morgan fingerprint density at radius 3 is 2.65 bits per heavy atom. The van der Waals surface area contributed by atoms with Gasteiger partial charge in [-0.15, -0.1) is 0 Å². The van der Waals surface area contributed by atoms with Gasteiger partial charge in [0.05, 0.1) is 6.07 Å². The number of halogens is 1. The summed E-state index contributed by atoms with van der Waals surface area (Å²) in [6.45, 7) is 5.49. The van der Waals surface area contributed by atoms with Crippen molar-refractivity contribution >= 4 is 17.5 Å². The van der Waals surface area contributed by atoms with Gasteiger partial charge in [-0.1, -0.05) is 31.5 Å². The number of nitriles is 1. The fraction of sp³-hybridized carbons (Fsp3) is 0.385. The van der Waals surface area contributed by atoms with Gasteiger partial charge >= 0.3 is 0 Å². The predicted octanol–water partition coefficient (Wildman–Crippen LogP) is 3.01. The van der Waals surface area contributed by atoms with Crippen LogP contribution in [0.4, 0.5) is 0 Å². The number of benzene rings is 1. The van der Waals surface area contributed by atoms with Crippen LogP contribution in [0, 0.1) is 17.2 Å². The summed E-state index contributed by atoms with van der Waals surface area (Å²) in [5.74, 6) is -0.263. The molecule has 0 bridgehead atoms. The molecule has 17 heavy (non-hydrogen) atoms. The Kier molecular flexibility index (Phi) is 4.14. The Hall–Kier alpha value is -1.53. The van der Waals surface area contributed by atoms with E-state index in [0.717, 1.165) is 0 Å². The van der Waals surface area contributed by atoms with E-state index in [1.165, 1.54) is 0 Å². The molecule has 4 heteroatoms. The van der Waals surface area contributed by atoms with Gasteiger partial charge in [0, 0.05) is 10.6 Å². The Labute approximate surface area is 106 Å². The second kappa shape index (κ2) is 5.20. The van der Waals surface area contributed by atoms with Gasteiger partial charge < -0.3 is 5.32 Å². The molecular weight excluding hydrogens is 236 g/mol. The van der Waals surface area contributed by atoms with Crippen molar-refractivity contribution < 1.29 is 4.79 Å². The van der Waals surface area contributed by atoms with E-state index in [2.05, 4.69) is 11.4 Å². The molecule has 1 unspecified atom stereocenters. The molecule has 90 valence electrons. The molecule has 0 saturated carbocycles. The predicted molar refractivity (Wildman–Crippen MR) is 67.8 cm³/mol. The Bertz CT molecular complexity index is 465. The van der Waals surface area contributed by atoms with Crippen LogP contribution in [-0.2, 0) is 0 Å². The zero-order valence-corrected chi connectivity index (χ0v) is 10.9. The minimum absolute atomic E-state index is 0.0237. The third-order valence-corrected chi connectivity index (χ3v) is 3.08. The van der Waals surface area contributed by atoms with Gasteiger partial charge in [-0.2, -0.15) is 5.26 Å².